The molecule has 16 heteroatoms. The molecular weight excluding hydrogens is 708 g/mol. The molecule has 1 aromatic carbocycles. The Bertz CT molecular complexity index is 1330. The lowest BCUT2D eigenvalue weighted by Crippen LogP contribution is -2.49. The van der Waals surface area contributed by atoms with E-state index in [0.717, 1.165) is 103 Å². The van der Waals surface area contributed by atoms with Crippen molar-refractivity contribution in [3.05, 3.63) is 22.2 Å². The van der Waals surface area contributed by atoms with Crippen LogP contribution in [0.15, 0.2) is 6.07 Å². The van der Waals surface area contributed by atoms with Gasteiger partial charge in [-0.1, -0.05) is 24.4 Å². The van der Waals surface area contributed by atoms with Crippen LogP contribution in [0.1, 0.15) is 93.0 Å². The lowest BCUT2D eigenvalue weighted by atomic mass is 10.0. The van der Waals surface area contributed by atoms with Crippen molar-refractivity contribution in [1.29, 1.82) is 0 Å². The molecule has 0 unspecified atom stereocenters. The standard InChI is InChI=1S/C37H61ClN6O9/c38-28-20-27(36-26(33(28)39)13-19-53-36)37(52)42-24-11-17-43(18-12-24)14-5-2-4-10-32(49)41-25-8-7-16-44(22-25)15-6-1-3-9-31(48)40-21-29(46)34(50)35(51)30(47)23-45/h20,24-25,29-30,34-35,45-47,50-51H,1-19,21-23,39H2,(H,40,48)(H,41,49)(H,42,52)/t25-,29+,30-,34-,35-/m1/s1. The molecule has 2 saturated heterocycles. The summed E-state index contributed by atoms with van der Waals surface area (Å²) >= 11 is 6.28. The van der Waals surface area contributed by atoms with E-state index in [9.17, 15) is 34.8 Å². The van der Waals surface area contributed by atoms with Gasteiger partial charge in [0.05, 0.1) is 35.6 Å². The van der Waals surface area contributed by atoms with E-state index in [-0.39, 0.29) is 42.8 Å². The van der Waals surface area contributed by atoms with Crippen molar-refractivity contribution in [2.24, 2.45) is 0 Å². The number of aliphatic hydroxyl groups is 5. The molecule has 0 bridgehead atoms. The van der Waals surface area contributed by atoms with Gasteiger partial charge in [-0.2, -0.15) is 0 Å². The number of benzene rings is 1. The number of ether oxygens (including phenoxy) is 1. The molecule has 5 atom stereocenters. The zero-order valence-corrected chi connectivity index (χ0v) is 31.6. The summed E-state index contributed by atoms with van der Waals surface area (Å²) in [5, 5.41) is 57.0. The third kappa shape index (κ3) is 13.5. The summed E-state index contributed by atoms with van der Waals surface area (Å²) in [5.74, 6) is 0.211. The van der Waals surface area contributed by atoms with E-state index < -0.39 is 31.0 Å². The highest BCUT2D eigenvalue weighted by Gasteiger charge is 2.31. The predicted molar refractivity (Wildman–Crippen MR) is 201 cm³/mol. The molecule has 4 rings (SSSR count). The van der Waals surface area contributed by atoms with Gasteiger partial charge in [0.1, 0.15) is 24.1 Å². The van der Waals surface area contributed by atoms with Crippen molar-refractivity contribution in [3.63, 3.8) is 0 Å². The number of carbonyl (C=O) groups is 3. The fourth-order valence-electron chi connectivity index (χ4n) is 7.36. The highest BCUT2D eigenvalue weighted by Crippen LogP contribution is 2.38. The fraction of sp³-hybridized carbons (Fsp3) is 0.757. The van der Waals surface area contributed by atoms with Crippen molar-refractivity contribution in [2.45, 2.75) is 120 Å². The van der Waals surface area contributed by atoms with E-state index in [1.165, 1.54) is 0 Å². The zero-order valence-electron chi connectivity index (χ0n) is 30.8. The lowest BCUT2D eigenvalue weighted by molar-refractivity contribution is -0.126. The van der Waals surface area contributed by atoms with Crippen LogP contribution < -0.4 is 26.4 Å². The van der Waals surface area contributed by atoms with Crippen molar-refractivity contribution in [1.82, 2.24) is 25.8 Å². The minimum absolute atomic E-state index is 0.0961. The number of amides is 3. The summed E-state index contributed by atoms with van der Waals surface area (Å²) in [6.45, 7) is 4.98. The number of piperidine rings is 2. The van der Waals surface area contributed by atoms with E-state index >= 15 is 0 Å². The van der Waals surface area contributed by atoms with E-state index in [1.807, 2.05) is 0 Å². The average molecular weight is 769 g/mol. The molecule has 0 radical (unpaired) electrons. The van der Waals surface area contributed by atoms with Gasteiger partial charge in [-0.25, -0.2) is 0 Å². The van der Waals surface area contributed by atoms with Crippen molar-refractivity contribution < 1.29 is 44.7 Å². The Balaban J connectivity index is 0.994. The second kappa shape index (κ2) is 22.0. The minimum atomic E-state index is -1.72. The highest BCUT2D eigenvalue weighted by atomic mass is 35.5. The maximum atomic E-state index is 13.0. The van der Waals surface area contributed by atoms with E-state index in [1.54, 1.807) is 6.07 Å². The monoisotopic (exact) mass is 768 g/mol. The summed E-state index contributed by atoms with van der Waals surface area (Å²) in [6, 6.07) is 1.85. The predicted octanol–water partition coefficient (Wildman–Crippen LogP) is 0.305. The van der Waals surface area contributed by atoms with Gasteiger partial charge in [0.2, 0.25) is 11.8 Å². The molecule has 0 spiro atoms. The van der Waals surface area contributed by atoms with Crippen LogP contribution in [0.4, 0.5) is 5.69 Å². The summed E-state index contributed by atoms with van der Waals surface area (Å²) in [7, 11) is 0. The number of rotatable bonds is 21. The first kappa shape index (κ1) is 43.0. The van der Waals surface area contributed by atoms with Crippen LogP contribution in [-0.4, -0.2) is 149 Å². The number of nitrogen functional groups attached to an aromatic ring is 1. The van der Waals surface area contributed by atoms with Crippen molar-refractivity contribution in [2.75, 3.05) is 64.8 Å². The maximum absolute atomic E-state index is 13.0. The van der Waals surface area contributed by atoms with Gasteiger partial charge in [-0.15, -0.1) is 0 Å². The zero-order chi connectivity index (χ0) is 38.3. The summed E-state index contributed by atoms with van der Waals surface area (Å²) < 4.78 is 5.70. The molecular formula is C37H61ClN6O9. The topological polar surface area (TPSA) is 230 Å². The van der Waals surface area contributed by atoms with Gasteiger partial charge in [0.25, 0.3) is 5.91 Å². The van der Waals surface area contributed by atoms with Crippen LogP contribution in [0.5, 0.6) is 5.75 Å². The number of halogens is 1. The first-order chi connectivity index (χ1) is 25.5. The van der Waals surface area contributed by atoms with Crippen LogP contribution in [0, 0.1) is 0 Å². The number of hydrogen-bond donors (Lipinski definition) is 9. The van der Waals surface area contributed by atoms with Gasteiger partial charge in [-0.3, -0.25) is 14.4 Å². The number of fused-ring (bicyclic) bond motifs is 1. The summed E-state index contributed by atoms with van der Waals surface area (Å²) in [5.41, 5.74) is 7.83. The Hall–Kier alpha value is -2.76. The molecule has 0 saturated carbocycles. The smallest absolute Gasteiger partial charge is 0.255 e. The van der Waals surface area contributed by atoms with Gasteiger partial charge < -0.3 is 61.8 Å². The van der Waals surface area contributed by atoms with Crippen LogP contribution >= 0.6 is 11.6 Å². The molecule has 2 fully saturated rings. The minimum Gasteiger partial charge on any atom is -0.492 e. The Kier molecular flexibility index (Phi) is 17.8. The number of nitrogens with one attached hydrogen (secondary N) is 3. The Morgan fingerprint density at radius 2 is 1.51 bits per heavy atom. The number of aliphatic hydroxyl groups excluding tert-OH is 5. The van der Waals surface area contributed by atoms with Crippen LogP contribution in [0.3, 0.4) is 0 Å². The second-order valence-electron chi connectivity index (χ2n) is 14.7. The molecule has 3 aliphatic heterocycles. The first-order valence-electron chi connectivity index (χ1n) is 19.3. The quantitative estimate of drug-likeness (QED) is 0.0608. The number of nitrogens with zero attached hydrogens (tertiary/aromatic N) is 2. The second-order valence-corrected chi connectivity index (χ2v) is 15.2. The number of carbonyl (C=O) groups excluding carboxylic acids is 3. The molecule has 1 aromatic rings. The third-order valence-electron chi connectivity index (χ3n) is 10.6. The molecule has 3 amide bonds. The van der Waals surface area contributed by atoms with Crippen molar-refractivity contribution in [3.8, 4) is 5.75 Å². The number of hydrogen-bond acceptors (Lipinski definition) is 12. The molecule has 15 nitrogen and oxygen atoms in total. The number of anilines is 1. The normalized spacial score (nSPS) is 20.5. The SMILES string of the molecule is Nc1c(Cl)cc(C(=O)NC2CCN(CCCCCC(=O)N[C@@H]3CCCN(CCCCCC(=O)NC[C@H](O)[C@@H](O)[C@H](O)[C@H](O)CO)C3)CC2)c2c1CCO2. The van der Waals surface area contributed by atoms with E-state index in [4.69, 9.17) is 27.2 Å². The molecule has 0 aromatic heterocycles. The van der Waals surface area contributed by atoms with Crippen LogP contribution in [-0.2, 0) is 16.0 Å². The number of nitrogens with two attached hydrogens (primary N) is 1. The van der Waals surface area contributed by atoms with E-state index in [2.05, 4.69) is 25.8 Å². The Labute approximate surface area is 317 Å². The van der Waals surface area contributed by atoms with Gasteiger partial charge in [0, 0.05) is 63.1 Å². The largest absolute Gasteiger partial charge is 0.492 e. The Morgan fingerprint density at radius 3 is 2.21 bits per heavy atom. The highest BCUT2D eigenvalue weighted by molar-refractivity contribution is 6.33. The van der Waals surface area contributed by atoms with Gasteiger partial charge in [-0.05, 0) is 77.1 Å². The maximum Gasteiger partial charge on any atom is 0.255 e. The van der Waals surface area contributed by atoms with Crippen molar-refractivity contribution >= 4 is 35.0 Å². The third-order valence-corrected chi connectivity index (χ3v) is 10.9. The molecule has 53 heavy (non-hydrogen) atoms. The molecule has 10 N–H and O–H groups in total. The van der Waals surface area contributed by atoms with Gasteiger partial charge in [0.15, 0.2) is 0 Å². The van der Waals surface area contributed by atoms with Crippen LogP contribution in [0.25, 0.3) is 0 Å². The van der Waals surface area contributed by atoms with E-state index in [0.29, 0.717) is 47.9 Å². The lowest BCUT2D eigenvalue weighted by Gasteiger charge is -2.33. The Morgan fingerprint density at radius 1 is 0.849 bits per heavy atom. The van der Waals surface area contributed by atoms with Crippen LogP contribution in [0.2, 0.25) is 5.02 Å². The molecule has 3 heterocycles. The average Bonchev–Trinajstić information content (AvgIpc) is 3.65. The fourth-order valence-corrected chi connectivity index (χ4v) is 7.59. The summed E-state index contributed by atoms with van der Waals surface area (Å²) in [6.07, 6.45) is 4.01. The number of likely N-dealkylation sites (tertiary alicyclic amines) is 2. The molecule has 3 aliphatic rings. The molecule has 300 valence electrons. The molecule has 0 aliphatic carbocycles. The summed E-state index contributed by atoms with van der Waals surface area (Å²) in [4.78, 5) is 42.6. The van der Waals surface area contributed by atoms with Gasteiger partial charge >= 0.3 is 0 Å². The first-order valence-corrected chi connectivity index (χ1v) is 19.7. The number of unbranched alkanes of at least 4 members (excludes halogenated alkanes) is 4.